The van der Waals surface area contributed by atoms with E-state index < -0.39 is 10.0 Å². The fourth-order valence-electron chi connectivity index (χ4n) is 4.06. The van der Waals surface area contributed by atoms with E-state index in [0.29, 0.717) is 23.6 Å². The number of benzene rings is 2. The number of likely N-dealkylation sites (tertiary alicyclic amines) is 1. The maximum atomic E-state index is 13.5. The van der Waals surface area contributed by atoms with Crippen LogP contribution in [0.2, 0.25) is 0 Å². The number of hydrogen-bond donors (Lipinski definition) is 1. The van der Waals surface area contributed by atoms with Gasteiger partial charge in [0.15, 0.2) is 11.5 Å². The minimum absolute atomic E-state index is 0.0125. The number of amides is 1. The number of sulfonamides is 1. The van der Waals surface area contributed by atoms with Crippen molar-refractivity contribution >= 4 is 15.9 Å². The molecule has 2 aromatic rings. The molecule has 8 heteroatoms. The first-order valence-corrected chi connectivity index (χ1v) is 12.0. The van der Waals surface area contributed by atoms with E-state index in [0.717, 1.165) is 36.8 Å². The smallest absolute Gasteiger partial charge is 0.254 e. The molecule has 0 bridgehead atoms. The number of aryl methyl sites for hydroxylation is 1. The van der Waals surface area contributed by atoms with Gasteiger partial charge in [0.05, 0.1) is 25.2 Å². The quantitative estimate of drug-likeness (QED) is 0.707. The lowest BCUT2D eigenvalue weighted by Crippen LogP contribution is -2.31. The zero-order valence-electron chi connectivity index (χ0n) is 18.1. The second kappa shape index (κ2) is 8.51. The van der Waals surface area contributed by atoms with E-state index in [4.69, 9.17) is 9.47 Å². The van der Waals surface area contributed by atoms with E-state index in [1.165, 1.54) is 6.07 Å². The lowest BCUT2D eigenvalue weighted by molar-refractivity contribution is 0.0734. The Morgan fingerprint density at radius 1 is 1.03 bits per heavy atom. The number of nitrogens with one attached hydrogen (secondary N) is 1. The summed E-state index contributed by atoms with van der Waals surface area (Å²) in [5, 5.41) is 0. The Hall–Kier alpha value is -2.58. The van der Waals surface area contributed by atoms with Crippen LogP contribution < -0.4 is 14.2 Å². The standard InChI is InChI=1S/C23H28N2O5S/c1-15-6-10-18(31(27,28)24-17-8-9-17)14-19(15)23(26)25-12-4-5-20(25)16-7-11-21(29-2)22(13-16)30-3/h6-7,10-11,13-14,17,20,24H,4-5,8-9,12H2,1-3H3. The van der Waals surface area contributed by atoms with Crippen LogP contribution in [0.15, 0.2) is 41.3 Å². The highest BCUT2D eigenvalue weighted by Crippen LogP contribution is 2.38. The van der Waals surface area contributed by atoms with Crippen LogP contribution in [0.5, 0.6) is 11.5 Å². The molecule has 1 unspecified atom stereocenters. The number of carbonyl (C=O) groups is 1. The molecule has 2 aromatic carbocycles. The number of rotatable bonds is 7. The summed E-state index contributed by atoms with van der Waals surface area (Å²) in [5.74, 6) is 1.10. The fraction of sp³-hybridized carbons (Fsp3) is 0.435. The number of carbonyl (C=O) groups excluding carboxylic acids is 1. The SMILES string of the molecule is COc1ccc(C2CCCN2C(=O)c2cc(S(=O)(=O)NC3CC3)ccc2C)cc1OC. The predicted molar refractivity (Wildman–Crippen MR) is 117 cm³/mol. The molecule has 0 spiro atoms. The Bertz CT molecular complexity index is 1100. The second-order valence-corrected chi connectivity index (χ2v) is 9.86. The first kappa shape index (κ1) is 21.6. The summed E-state index contributed by atoms with van der Waals surface area (Å²) >= 11 is 0. The van der Waals surface area contributed by atoms with Crippen LogP contribution >= 0.6 is 0 Å². The van der Waals surface area contributed by atoms with Gasteiger partial charge in [0.1, 0.15) is 0 Å². The highest BCUT2D eigenvalue weighted by Gasteiger charge is 2.33. The molecule has 1 amide bonds. The number of hydrogen-bond acceptors (Lipinski definition) is 5. The van der Waals surface area contributed by atoms with Gasteiger partial charge in [-0.05, 0) is 68.0 Å². The number of ether oxygens (including phenoxy) is 2. The highest BCUT2D eigenvalue weighted by molar-refractivity contribution is 7.89. The molecule has 1 saturated heterocycles. The lowest BCUT2D eigenvalue weighted by atomic mass is 10.0. The van der Waals surface area contributed by atoms with Crippen LogP contribution in [0.1, 0.15) is 53.2 Å². The third-order valence-corrected chi connectivity index (χ3v) is 7.47. The molecular weight excluding hydrogens is 416 g/mol. The van der Waals surface area contributed by atoms with Crippen LogP contribution in [0.25, 0.3) is 0 Å². The Kier molecular flexibility index (Phi) is 5.94. The molecule has 31 heavy (non-hydrogen) atoms. The van der Waals surface area contributed by atoms with Gasteiger partial charge in [0, 0.05) is 18.2 Å². The average Bonchev–Trinajstić information content (AvgIpc) is 3.43. The summed E-state index contributed by atoms with van der Waals surface area (Å²) in [5.41, 5.74) is 2.15. The van der Waals surface area contributed by atoms with Gasteiger partial charge in [-0.25, -0.2) is 13.1 Å². The Balaban J connectivity index is 1.63. The Morgan fingerprint density at radius 3 is 2.45 bits per heavy atom. The second-order valence-electron chi connectivity index (χ2n) is 8.14. The van der Waals surface area contributed by atoms with Crippen molar-refractivity contribution in [2.24, 2.45) is 0 Å². The van der Waals surface area contributed by atoms with Crippen molar-refractivity contribution in [3.05, 3.63) is 53.1 Å². The highest BCUT2D eigenvalue weighted by atomic mass is 32.2. The van der Waals surface area contributed by atoms with Gasteiger partial charge in [-0.1, -0.05) is 12.1 Å². The normalized spacial score (nSPS) is 18.8. The molecule has 1 saturated carbocycles. The zero-order valence-corrected chi connectivity index (χ0v) is 18.9. The van der Waals surface area contributed by atoms with Gasteiger partial charge in [0.25, 0.3) is 5.91 Å². The first-order valence-electron chi connectivity index (χ1n) is 10.5. The third-order valence-electron chi connectivity index (χ3n) is 5.95. The summed E-state index contributed by atoms with van der Waals surface area (Å²) in [7, 11) is -0.451. The maximum absolute atomic E-state index is 13.5. The predicted octanol–water partition coefficient (Wildman–Crippen LogP) is 3.43. The van der Waals surface area contributed by atoms with E-state index in [1.807, 2.05) is 30.0 Å². The van der Waals surface area contributed by atoms with Crippen LogP contribution in [-0.4, -0.2) is 46.0 Å². The van der Waals surface area contributed by atoms with Crippen molar-refractivity contribution in [2.75, 3.05) is 20.8 Å². The van der Waals surface area contributed by atoms with Gasteiger partial charge in [-0.2, -0.15) is 0 Å². The summed E-state index contributed by atoms with van der Waals surface area (Å²) < 4.78 is 38.7. The summed E-state index contributed by atoms with van der Waals surface area (Å²) in [6.45, 7) is 2.45. The molecule has 2 fully saturated rings. The average molecular weight is 445 g/mol. The molecule has 1 atom stereocenters. The summed E-state index contributed by atoms with van der Waals surface area (Å²) in [6.07, 6.45) is 3.43. The first-order chi connectivity index (χ1) is 14.8. The van der Waals surface area contributed by atoms with Crippen molar-refractivity contribution < 1.29 is 22.7 Å². The molecule has 0 aromatic heterocycles. The molecular formula is C23H28N2O5S. The maximum Gasteiger partial charge on any atom is 0.254 e. The fourth-order valence-corrected chi connectivity index (χ4v) is 5.39. The van der Waals surface area contributed by atoms with E-state index in [2.05, 4.69) is 4.72 Å². The van der Waals surface area contributed by atoms with Gasteiger partial charge in [0.2, 0.25) is 10.0 Å². The van der Waals surface area contributed by atoms with Gasteiger partial charge in [-0.3, -0.25) is 4.79 Å². The number of nitrogens with zero attached hydrogens (tertiary/aromatic N) is 1. The molecule has 2 aliphatic rings. The lowest BCUT2D eigenvalue weighted by Gasteiger charge is -2.26. The minimum atomic E-state index is -3.63. The molecule has 1 aliphatic heterocycles. The minimum Gasteiger partial charge on any atom is -0.493 e. The molecule has 0 radical (unpaired) electrons. The van der Waals surface area contributed by atoms with Gasteiger partial charge in [-0.15, -0.1) is 0 Å². The van der Waals surface area contributed by atoms with E-state index in [1.54, 1.807) is 26.4 Å². The Morgan fingerprint density at radius 2 is 1.77 bits per heavy atom. The van der Waals surface area contributed by atoms with Crippen LogP contribution in [0, 0.1) is 6.92 Å². The Labute approximate surface area is 183 Å². The van der Waals surface area contributed by atoms with Gasteiger partial charge >= 0.3 is 0 Å². The van der Waals surface area contributed by atoms with Crippen molar-refractivity contribution in [3.8, 4) is 11.5 Å². The van der Waals surface area contributed by atoms with Crippen LogP contribution in [-0.2, 0) is 10.0 Å². The van der Waals surface area contributed by atoms with Crippen LogP contribution in [0.4, 0.5) is 0 Å². The van der Waals surface area contributed by atoms with Gasteiger partial charge < -0.3 is 14.4 Å². The monoisotopic (exact) mass is 444 g/mol. The molecule has 1 N–H and O–H groups in total. The van der Waals surface area contributed by atoms with Crippen molar-refractivity contribution in [2.45, 2.75) is 49.6 Å². The van der Waals surface area contributed by atoms with E-state index in [-0.39, 0.29) is 22.9 Å². The molecule has 1 heterocycles. The largest absolute Gasteiger partial charge is 0.493 e. The summed E-state index contributed by atoms with van der Waals surface area (Å²) in [6, 6.07) is 10.4. The van der Waals surface area contributed by atoms with E-state index >= 15 is 0 Å². The third kappa shape index (κ3) is 4.41. The van der Waals surface area contributed by atoms with Crippen molar-refractivity contribution in [3.63, 3.8) is 0 Å². The van der Waals surface area contributed by atoms with Crippen molar-refractivity contribution in [1.29, 1.82) is 0 Å². The molecule has 7 nitrogen and oxygen atoms in total. The molecule has 1 aliphatic carbocycles. The zero-order chi connectivity index (χ0) is 22.2. The van der Waals surface area contributed by atoms with E-state index in [9.17, 15) is 13.2 Å². The summed E-state index contributed by atoms with van der Waals surface area (Å²) in [4.78, 5) is 15.5. The van der Waals surface area contributed by atoms with Crippen molar-refractivity contribution in [1.82, 2.24) is 9.62 Å². The number of methoxy groups -OCH3 is 2. The molecule has 4 rings (SSSR count). The van der Waals surface area contributed by atoms with Crippen LogP contribution in [0.3, 0.4) is 0 Å². The topological polar surface area (TPSA) is 84.9 Å². The molecule has 166 valence electrons.